The number of rotatable bonds is 14. The topological polar surface area (TPSA) is 140 Å². The molecule has 0 saturated carbocycles. The lowest BCUT2D eigenvalue weighted by Gasteiger charge is -2.28. The second kappa shape index (κ2) is 16.3. The van der Waals surface area contributed by atoms with Crippen LogP contribution in [-0.2, 0) is 44.2 Å². The molecule has 0 aliphatic rings. The zero-order valence-electron chi connectivity index (χ0n) is 27.3. The standard InChI is InChI=1S/C34H34F8N4O5/c1-18(2)26(28(47)34(40,41)42)45-30(49)27(21-12-14-22(51-3)15-13-21)46-29(48)25(16-19-8-10-20(17-43)11-9-19)44-31(50)32(35,36)23-6-4-5-7-24(23)33(37,38)39/h4-15,18,25-27H,16-17,43H2,1-3H3,(H,44,50)(H,45,49)(H,46,48). The summed E-state index contributed by atoms with van der Waals surface area (Å²) >= 11 is 0. The minimum Gasteiger partial charge on any atom is -0.497 e. The SMILES string of the molecule is COc1ccc(C(NC(=O)C(Cc2ccc(CN)cc2)NC(=O)C(F)(F)c2ccccc2C(F)(F)F)C(=O)NC(C(=O)C(F)(F)F)C(C)C)cc1. The number of ketones is 1. The van der Waals surface area contributed by atoms with Crippen molar-refractivity contribution in [3.63, 3.8) is 0 Å². The number of hydrogen-bond acceptors (Lipinski definition) is 6. The van der Waals surface area contributed by atoms with E-state index in [4.69, 9.17) is 10.5 Å². The molecular formula is C34H34F8N4O5. The third-order valence-electron chi connectivity index (χ3n) is 7.70. The van der Waals surface area contributed by atoms with Gasteiger partial charge in [-0.3, -0.25) is 19.2 Å². The van der Waals surface area contributed by atoms with Gasteiger partial charge in [0.25, 0.3) is 11.7 Å². The molecule has 3 rings (SSSR count). The number of halogens is 8. The van der Waals surface area contributed by atoms with E-state index < -0.39 is 83.4 Å². The maximum atomic E-state index is 15.5. The summed E-state index contributed by atoms with van der Waals surface area (Å²) in [5.74, 6) is -12.9. The first-order valence-corrected chi connectivity index (χ1v) is 15.2. The maximum absolute atomic E-state index is 15.5. The van der Waals surface area contributed by atoms with Crippen LogP contribution >= 0.6 is 0 Å². The molecule has 3 amide bonds. The van der Waals surface area contributed by atoms with Crippen LogP contribution in [0.4, 0.5) is 35.1 Å². The minimum atomic E-state index is -5.34. The Labute approximate surface area is 286 Å². The number of methoxy groups -OCH3 is 1. The molecule has 3 atom stereocenters. The number of nitrogens with two attached hydrogens (primary N) is 1. The summed E-state index contributed by atoms with van der Waals surface area (Å²) in [6, 6.07) is 7.59. The van der Waals surface area contributed by atoms with Crippen LogP contribution in [0.5, 0.6) is 5.75 Å². The van der Waals surface area contributed by atoms with E-state index in [9.17, 15) is 45.5 Å². The molecule has 0 heterocycles. The molecular weight excluding hydrogens is 696 g/mol. The Morgan fingerprint density at radius 3 is 1.76 bits per heavy atom. The van der Waals surface area contributed by atoms with Gasteiger partial charge in [-0.25, -0.2) is 0 Å². The number of carbonyl (C=O) groups is 4. The number of benzene rings is 3. The minimum absolute atomic E-state index is 0.0644. The van der Waals surface area contributed by atoms with Crippen LogP contribution in [0.15, 0.2) is 72.8 Å². The van der Waals surface area contributed by atoms with Crippen molar-refractivity contribution in [2.45, 2.75) is 63.2 Å². The maximum Gasteiger partial charge on any atom is 0.452 e. The Kier molecular flexibility index (Phi) is 12.9. The molecule has 3 unspecified atom stereocenters. The Morgan fingerprint density at radius 2 is 1.27 bits per heavy atom. The smallest absolute Gasteiger partial charge is 0.452 e. The molecule has 0 aromatic heterocycles. The van der Waals surface area contributed by atoms with E-state index in [0.29, 0.717) is 17.7 Å². The van der Waals surface area contributed by atoms with Crippen molar-refractivity contribution >= 4 is 23.5 Å². The fraction of sp³-hybridized carbons (Fsp3) is 0.353. The van der Waals surface area contributed by atoms with Gasteiger partial charge in [0.15, 0.2) is 0 Å². The van der Waals surface area contributed by atoms with Crippen molar-refractivity contribution in [1.82, 2.24) is 16.0 Å². The number of nitrogens with one attached hydrogen (secondary N) is 3. The zero-order chi connectivity index (χ0) is 38.3. The van der Waals surface area contributed by atoms with Gasteiger partial charge in [-0.1, -0.05) is 68.4 Å². The van der Waals surface area contributed by atoms with Crippen molar-refractivity contribution in [3.8, 4) is 5.75 Å². The second-order valence-corrected chi connectivity index (χ2v) is 11.7. The highest BCUT2D eigenvalue weighted by atomic mass is 19.4. The van der Waals surface area contributed by atoms with E-state index in [1.165, 1.54) is 69.5 Å². The highest BCUT2D eigenvalue weighted by Gasteiger charge is 2.49. The average Bonchev–Trinajstić information content (AvgIpc) is 3.08. The molecule has 0 aliphatic heterocycles. The predicted molar refractivity (Wildman–Crippen MR) is 167 cm³/mol. The van der Waals surface area contributed by atoms with Gasteiger partial charge in [0, 0.05) is 18.5 Å². The Hall–Kier alpha value is -5.06. The molecule has 0 spiro atoms. The summed E-state index contributed by atoms with van der Waals surface area (Å²) in [6.07, 6.45) is -11.2. The van der Waals surface area contributed by atoms with Crippen LogP contribution in [0.25, 0.3) is 0 Å². The quantitative estimate of drug-likeness (QED) is 0.170. The molecule has 0 radical (unpaired) electrons. The Balaban J connectivity index is 2.05. The van der Waals surface area contributed by atoms with Gasteiger partial charge in [-0.05, 0) is 40.8 Å². The third-order valence-corrected chi connectivity index (χ3v) is 7.70. The highest BCUT2D eigenvalue weighted by molar-refractivity contribution is 5.97. The number of Topliss-reactive ketones (excluding diaryl/α,β-unsaturated/α-hetero) is 1. The molecule has 0 bridgehead atoms. The third kappa shape index (κ3) is 10.2. The molecule has 17 heteroatoms. The van der Waals surface area contributed by atoms with Gasteiger partial charge in [0.2, 0.25) is 11.8 Å². The zero-order valence-corrected chi connectivity index (χ0v) is 27.3. The van der Waals surface area contributed by atoms with Gasteiger partial charge in [0.1, 0.15) is 17.8 Å². The van der Waals surface area contributed by atoms with Crippen molar-refractivity contribution in [1.29, 1.82) is 0 Å². The van der Waals surface area contributed by atoms with Crippen LogP contribution < -0.4 is 26.4 Å². The van der Waals surface area contributed by atoms with Gasteiger partial charge in [-0.2, -0.15) is 35.1 Å². The van der Waals surface area contributed by atoms with E-state index in [0.717, 1.165) is 12.1 Å². The highest BCUT2D eigenvalue weighted by Crippen LogP contribution is 2.39. The second-order valence-electron chi connectivity index (χ2n) is 11.7. The number of carbonyl (C=O) groups excluding carboxylic acids is 4. The molecule has 276 valence electrons. The summed E-state index contributed by atoms with van der Waals surface area (Å²) in [7, 11) is 1.31. The van der Waals surface area contributed by atoms with Crippen LogP contribution in [0, 0.1) is 5.92 Å². The first kappa shape index (κ1) is 40.4. The van der Waals surface area contributed by atoms with Crippen molar-refractivity contribution in [2.24, 2.45) is 11.7 Å². The van der Waals surface area contributed by atoms with Crippen LogP contribution in [0.1, 0.15) is 47.7 Å². The lowest BCUT2D eigenvalue weighted by molar-refractivity contribution is -0.175. The van der Waals surface area contributed by atoms with E-state index in [1.807, 2.05) is 5.32 Å². The largest absolute Gasteiger partial charge is 0.497 e. The molecule has 0 saturated heterocycles. The van der Waals surface area contributed by atoms with Crippen LogP contribution in [0.2, 0.25) is 0 Å². The van der Waals surface area contributed by atoms with E-state index >= 15 is 8.78 Å². The molecule has 3 aromatic carbocycles. The van der Waals surface area contributed by atoms with Crippen molar-refractivity contribution < 1.29 is 59.0 Å². The Bertz CT molecular complexity index is 1690. The normalized spacial score (nSPS) is 13.9. The molecule has 51 heavy (non-hydrogen) atoms. The summed E-state index contributed by atoms with van der Waals surface area (Å²) in [6.45, 7) is 2.57. The summed E-state index contributed by atoms with van der Waals surface area (Å²) in [4.78, 5) is 52.5. The van der Waals surface area contributed by atoms with Gasteiger partial charge in [-0.15, -0.1) is 0 Å². The number of amides is 3. The number of alkyl halides is 8. The van der Waals surface area contributed by atoms with Gasteiger partial charge >= 0.3 is 18.3 Å². The van der Waals surface area contributed by atoms with Crippen LogP contribution in [0.3, 0.4) is 0 Å². The van der Waals surface area contributed by atoms with Crippen molar-refractivity contribution in [3.05, 3.63) is 101 Å². The molecule has 5 N–H and O–H groups in total. The molecule has 0 fully saturated rings. The predicted octanol–water partition coefficient (Wildman–Crippen LogP) is 5.12. The summed E-state index contributed by atoms with van der Waals surface area (Å²) < 4.78 is 117. The number of hydrogen-bond donors (Lipinski definition) is 4. The van der Waals surface area contributed by atoms with Crippen LogP contribution in [-0.4, -0.2) is 48.9 Å². The van der Waals surface area contributed by atoms with E-state index in [1.54, 1.807) is 5.32 Å². The lowest BCUT2D eigenvalue weighted by Crippen LogP contribution is -2.56. The summed E-state index contributed by atoms with van der Waals surface area (Å²) in [5, 5.41) is 5.98. The van der Waals surface area contributed by atoms with Gasteiger partial charge in [0.05, 0.1) is 18.7 Å². The number of ether oxygens (including phenoxy) is 1. The fourth-order valence-corrected chi connectivity index (χ4v) is 4.92. The monoisotopic (exact) mass is 730 g/mol. The van der Waals surface area contributed by atoms with E-state index in [2.05, 4.69) is 5.32 Å². The summed E-state index contributed by atoms with van der Waals surface area (Å²) in [5.41, 5.74) is 2.93. The first-order valence-electron chi connectivity index (χ1n) is 15.2. The lowest BCUT2D eigenvalue weighted by atomic mass is 9.97. The molecule has 0 aliphatic carbocycles. The van der Waals surface area contributed by atoms with Gasteiger partial charge < -0.3 is 26.4 Å². The van der Waals surface area contributed by atoms with Crippen molar-refractivity contribution in [2.75, 3.05) is 7.11 Å². The Morgan fingerprint density at radius 1 is 0.725 bits per heavy atom. The molecule has 3 aromatic rings. The fourth-order valence-electron chi connectivity index (χ4n) is 4.92. The molecule has 9 nitrogen and oxygen atoms in total. The van der Waals surface area contributed by atoms with E-state index in [-0.39, 0.29) is 23.4 Å². The average molecular weight is 731 g/mol. The first-order chi connectivity index (χ1) is 23.7.